The van der Waals surface area contributed by atoms with Gasteiger partial charge in [0.2, 0.25) is 0 Å². The number of benzene rings is 1. The summed E-state index contributed by atoms with van der Waals surface area (Å²) < 4.78 is 0. The number of rotatable bonds is 3. The molecule has 1 aliphatic heterocycles. The normalized spacial score (nSPS) is 15.9. The predicted octanol–water partition coefficient (Wildman–Crippen LogP) is 3.19. The molecule has 0 aromatic heterocycles. The highest BCUT2D eigenvalue weighted by molar-refractivity contribution is 8.04. The fourth-order valence-corrected chi connectivity index (χ4v) is 2.99. The van der Waals surface area contributed by atoms with Crippen LogP contribution in [0, 0.1) is 0 Å². The number of thioether (sulfide) groups is 1. The monoisotopic (exact) mass is 295 g/mol. The largest absolute Gasteiger partial charge is 0.277 e. The Bertz CT molecular complexity index is 563. The first-order valence-electron chi connectivity index (χ1n) is 5.91. The van der Waals surface area contributed by atoms with Gasteiger partial charge in [-0.25, -0.2) is 0 Å². The molecule has 2 rings (SSSR count). The highest BCUT2D eigenvalue weighted by Gasteiger charge is 2.37. The molecule has 1 heterocycles. The van der Waals surface area contributed by atoms with Gasteiger partial charge in [-0.05, 0) is 17.7 Å². The van der Waals surface area contributed by atoms with Gasteiger partial charge in [-0.1, -0.05) is 37.6 Å². The Balaban J connectivity index is 2.53. The minimum atomic E-state index is -0.254. The van der Waals surface area contributed by atoms with Gasteiger partial charge >= 0.3 is 0 Å². The highest BCUT2D eigenvalue weighted by atomic mass is 35.5. The summed E-state index contributed by atoms with van der Waals surface area (Å²) in [4.78, 5) is 26.0. The fourth-order valence-electron chi connectivity index (χ4n) is 1.83. The molecule has 0 unspecified atom stereocenters. The summed E-state index contributed by atoms with van der Waals surface area (Å²) in [6, 6.07) is 6.97. The van der Waals surface area contributed by atoms with Crippen molar-refractivity contribution in [3.05, 3.63) is 39.8 Å². The van der Waals surface area contributed by atoms with Crippen molar-refractivity contribution in [3.8, 4) is 0 Å². The number of carbonyl (C=O) groups excluding carboxylic acids is 2. The Morgan fingerprint density at radius 1 is 1.11 bits per heavy atom. The summed E-state index contributed by atoms with van der Waals surface area (Å²) in [5.41, 5.74) is 1.21. The molecule has 0 spiro atoms. The van der Waals surface area contributed by atoms with Crippen molar-refractivity contribution >= 4 is 40.8 Å². The van der Waals surface area contributed by atoms with Gasteiger partial charge in [0.1, 0.15) is 0 Å². The van der Waals surface area contributed by atoms with E-state index in [2.05, 4.69) is 0 Å². The first-order chi connectivity index (χ1) is 8.91. The van der Waals surface area contributed by atoms with Crippen molar-refractivity contribution in [2.24, 2.45) is 0 Å². The molecule has 19 heavy (non-hydrogen) atoms. The molecule has 0 N–H and O–H groups in total. The van der Waals surface area contributed by atoms with Crippen molar-refractivity contribution in [2.45, 2.75) is 19.1 Å². The molecule has 100 valence electrons. The minimum absolute atomic E-state index is 0.228. The Kier molecular flexibility index (Phi) is 4.02. The molecule has 0 saturated heterocycles. The third-order valence-corrected chi connectivity index (χ3v) is 4.07. The number of hydrogen-bond acceptors (Lipinski definition) is 3. The van der Waals surface area contributed by atoms with Gasteiger partial charge in [-0.3, -0.25) is 14.5 Å². The van der Waals surface area contributed by atoms with Crippen LogP contribution in [0.1, 0.15) is 19.4 Å². The second kappa shape index (κ2) is 5.39. The summed E-state index contributed by atoms with van der Waals surface area (Å²) >= 11 is 7.27. The molecule has 2 amide bonds. The lowest BCUT2D eigenvalue weighted by Gasteiger charge is -2.07. The quantitative estimate of drug-likeness (QED) is 0.804. The molecule has 1 aromatic rings. The maximum Gasteiger partial charge on any atom is 0.267 e. The van der Waals surface area contributed by atoms with Crippen molar-refractivity contribution < 1.29 is 9.59 Å². The fraction of sp³-hybridized carbons (Fsp3) is 0.286. The van der Waals surface area contributed by atoms with E-state index in [1.54, 1.807) is 24.3 Å². The summed E-state index contributed by atoms with van der Waals surface area (Å²) in [6.45, 7) is 3.99. The van der Waals surface area contributed by atoms with Crippen LogP contribution in [0.4, 0.5) is 0 Å². The number of hydrogen-bond donors (Lipinski definition) is 0. The van der Waals surface area contributed by atoms with E-state index in [4.69, 9.17) is 11.6 Å². The lowest BCUT2D eigenvalue weighted by Crippen LogP contribution is -2.26. The van der Waals surface area contributed by atoms with E-state index >= 15 is 0 Å². The third-order valence-electron chi connectivity index (χ3n) is 2.73. The third kappa shape index (κ3) is 2.69. The molecular formula is C14H14ClNO2S. The van der Waals surface area contributed by atoms with E-state index in [-0.39, 0.29) is 17.1 Å². The summed E-state index contributed by atoms with van der Waals surface area (Å²) in [5.74, 6) is -0.482. The maximum absolute atomic E-state index is 12.2. The standard InChI is InChI=1S/C14H14ClNO2S/c1-8(2)19-12-11(13(17)16(3)14(12)18)9-4-6-10(15)7-5-9/h4-8H,1-3H3. The van der Waals surface area contributed by atoms with Crippen molar-refractivity contribution in [2.75, 3.05) is 7.05 Å². The van der Waals surface area contributed by atoms with Crippen molar-refractivity contribution in [1.82, 2.24) is 4.90 Å². The van der Waals surface area contributed by atoms with Gasteiger partial charge in [0.05, 0.1) is 10.5 Å². The second-order valence-electron chi connectivity index (χ2n) is 4.55. The van der Waals surface area contributed by atoms with Gasteiger partial charge in [0.15, 0.2) is 0 Å². The van der Waals surface area contributed by atoms with Gasteiger partial charge in [0, 0.05) is 17.3 Å². The Morgan fingerprint density at radius 2 is 1.68 bits per heavy atom. The number of halogens is 1. The molecule has 0 aliphatic carbocycles. The van der Waals surface area contributed by atoms with E-state index in [1.165, 1.54) is 18.8 Å². The van der Waals surface area contributed by atoms with E-state index in [9.17, 15) is 9.59 Å². The zero-order valence-corrected chi connectivity index (χ0v) is 12.5. The first kappa shape index (κ1) is 14.2. The van der Waals surface area contributed by atoms with E-state index in [0.717, 1.165) is 10.5 Å². The molecule has 5 heteroatoms. The number of carbonyl (C=O) groups is 2. The van der Waals surface area contributed by atoms with Gasteiger partial charge in [-0.15, -0.1) is 11.8 Å². The van der Waals surface area contributed by atoms with Crippen LogP contribution in [0.25, 0.3) is 5.57 Å². The van der Waals surface area contributed by atoms with Gasteiger partial charge in [-0.2, -0.15) is 0 Å². The smallest absolute Gasteiger partial charge is 0.267 e. The predicted molar refractivity (Wildman–Crippen MR) is 78.9 cm³/mol. The first-order valence-corrected chi connectivity index (χ1v) is 7.17. The van der Waals surface area contributed by atoms with Crippen LogP contribution in [0.5, 0.6) is 0 Å². The molecule has 0 atom stereocenters. The Morgan fingerprint density at radius 3 is 2.21 bits per heavy atom. The molecule has 1 aliphatic rings. The van der Waals surface area contributed by atoms with Crippen LogP contribution in [-0.4, -0.2) is 29.0 Å². The zero-order chi connectivity index (χ0) is 14.2. The molecular weight excluding hydrogens is 282 g/mol. The average Bonchev–Trinajstić information content (AvgIpc) is 2.55. The van der Waals surface area contributed by atoms with Crippen LogP contribution in [0.15, 0.2) is 29.2 Å². The molecule has 0 fully saturated rings. The highest BCUT2D eigenvalue weighted by Crippen LogP contribution is 2.37. The summed E-state index contributed by atoms with van der Waals surface area (Å²) in [6.07, 6.45) is 0. The number of likely N-dealkylation sites (N-methyl/N-ethyl adjacent to an activating group) is 1. The number of nitrogens with zero attached hydrogens (tertiary/aromatic N) is 1. The minimum Gasteiger partial charge on any atom is -0.277 e. The molecule has 1 aromatic carbocycles. The van der Waals surface area contributed by atoms with E-state index in [1.807, 2.05) is 13.8 Å². The SMILES string of the molecule is CC(C)SC1=C(c2ccc(Cl)cc2)C(=O)N(C)C1=O. The average molecular weight is 296 g/mol. The Hall–Kier alpha value is -1.26. The molecule has 0 bridgehead atoms. The van der Waals surface area contributed by atoms with Crippen LogP contribution in [-0.2, 0) is 9.59 Å². The molecule has 0 radical (unpaired) electrons. The number of amides is 2. The van der Waals surface area contributed by atoms with Crippen molar-refractivity contribution in [3.63, 3.8) is 0 Å². The van der Waals surface area contributed by atoms with Crippen molar-refractivity contribution in [1.29, 1.82) is 0 Å². The van der Waals surface area contributed by atoms with E-state index < -0.39 is 0 Å². The van der Waals surface area contributed by atoms with Gasteiger partial charge < -0.3 is 0 Å². The number of imide groups is 1. The molecule has 0 saturated carbocycles. The van der Waals surface area contributed by atoms with Crippen LogP contribution >= 0.6 is 23.4 Å². The topological polar surface area (TPSA) is 37.4 Å². The van der Waals surface area contributed by atoms with E-state index in [0.29, 0.717) is 15.5 Å². The lowest BCUT2D eigenvalue weighted by molar-refractivity contribution is -0.134. The lowest BCUT2D eigenvalue weighted by atomic mass is 10.1. The second-order valence-corrected chi connectivity index (χ2v) is 6.57. The Labute approximate surface area is 121 Å². The summed E-state index contributed by atoms with van der Waals surface area (Å²) in [5, 5.41) is 0.841. The maximum atomic E-state index is 12.2. The van der Waals surface area contributed by atoms with Crippen LogP contribution in [0.3, 0.4) is 0 Å². The van der Waals surface area contributed by atoms with Crippen LogP contribution < -0.4 is 0 Å². The summed E-state index contributed by atoms with van der Waals surface area (Å²) in [7, 11) is 1.51. The van der Waals surface area contributed by atoms with Crippen LogP contribution in [0.2, 0.25) is 5.02 Å². The van der Waals surface area contributed by atoms with Gasteiger partial charge in [0.25, 0.3) is 11.8 Å². The molecule has 3 nitrogen and oxygen atoms in total. The zero-order valence-electron chi connectivity index (χ0n) is 10.9.